The van der Waals surface area contributed by atoms with Crippen LogP contribution in [0.1, 0.15) is 52.6 Å². The molecule has 1 aromatic rings. The molecule has 1 heterocycles. The number of likely N-dealkylation sites (tertiary alicyclic amines) is 1. The van der Waals surface area contributed by atoms with Crippen LogP contribution in [0.5, 0.6) is 0 Å². The zero-order valence-corrected chi connectivity index (χ0v) is 18.6. The van der Waals surface area contributed by atoms with Crippen molar-refractivity contribution in [2.75, 3.05) is 19.4 Å². The standard InChI is InChI=1S/C20H30N2O6S/c1-12(2)29(25,26)16-8-7-13(21)11-15(16)17-14(18(23)27-6)9-10-22(17)19(24)28-20(3,4)5/h7-8,11-12,14,17H,9-10,21H2,1-6H3/t14-,17-/m1/s1. The van der Waals surface area contributed by atoms with Crippen LogP contribution < -0.4 is 5.73 Å². The third-order valence-corrected chi connectivity index (χ3v) is 7.04. The lowest BCUT2D eigenvalue weighted by Crippen LogP contribution is -2.39. The molecule has 9 heteroatoms. The number of anilines is 1. The number of hydrogen-bond donors (Lipinski definition) is 1. The molecule has 2 N–H and O–H groups in total. The van der Waals surface area contributed by atoms with Gasteiger partial charge in [-0.1, -0.05) is 0 Å². The number of esters is 1. The number of nitrogens with zero attached hydrogens (tertiary/aromatic N) is 1. The molecular weight excluding hydrogens is 396 g/mol. The van der Waals surface area contributed by atoms with Crippen LogP contribution in [0.15, 0.2) is 23.1 Å². The number of carbonyl (C=O) groups is 2. The number of nitrogens with two attached hydrogens (primary N) is 1. The summed E-state index contributed by atoms with van der Waals surface area (Å²) in [5.74, 6) is -1.24. The van der Waals surface area contributed by atoms with E-state index in [0.717, 1.165) is 0 Å². The van der Waals surface area contributed by atoms with Crippen LogP contribution in [-0.2, 0) is 24.1 Å². The van der Waals surface area contributed by atoms with Crippen LogP contribution in [0.4, 0.5) is 10.5 Å². The van der Waals surface area contributed by atoms with Gasteiger partial charge < -0.3 is 20.1 Å². The molecule has 0 unspecified atom stereocenters. The van der Waals surface area contributed by atoms with Gasteiger partial charge in [0.15, 0.2) is 9.84 Å². The second-order valence-corrected chi connectivity index (χ2v) is 10.9. The van der Waals surface area contributed by atoms with Crippen molar-refractivity contribution in [1.82, 2.24) is 4.90 Å². The quantitative estimate of drug-likeness (QED) is 0.581. The maximum absolute atomic E-state index is 13.0. The van der Waals surface area contributed by atoms with Gasteiger partial charge in [0.25, 0.3) is 0 Å². The van der Waals surface area contributed by atoms with E-state index in [0.29, 0.717) is 17.7 Å². The predicted octanol–water partition coefficient (Wildman–Crippen LogP) is 2.92. The lowest BCUT2D eigenvalue weighted by molar-refractivity contribution is -0.146. The zero-order valence-electron chi connectivity index (χ0n) is 17.8. The molecule has 1 amide bonds. The number of carbonyl (C=O) groups excluding carboxylic acids is 2. The summed E-state index contributed by atoms with van der Waals surface area (Å²) in [6.07, 6.45) is -0.295. The maximum Gasteiger partial charge on any atom is 0.410 e. The first-order valence-electron chi connectivity index (χ1n) is 9.50. The number of sulfone groups is 1. The largest absolute Gasteiger partial charge is 0.469 e. The minimum Gasteiger partial charge on any atom is -0.469 e. The predicted molar refractivity (Wildman–Crippen MR) is 109 cm³/mol. The molecule has 1 aliphatic rings. The molecule has 2 rings (SSSR count). The highest BCUT2D eigenvalue weighted by atomic mass is 32.2. The lowest BCUT2D eigenvalue weighted by Gasteiger charge is -2.31. The number of ether oxygens (including phenoxy) is 2. The molecule has 0 spiro atoms. The summed E-state index contributed by atoms with van der Waals surface area (Å²) >= 11 is 0. The molecule has 0 aromatic heterocycles. The molecular formula is C20H30N2O6S. The summed E-state index contributed by atoms with van der Waals surface area (Å²) in [4.78, 5) is 26.7. The Morgan fingerprint density at radius 3 is 2.38 bits per heavy atom. The molecule has 0 saturated carbocycles. The van der Waals surface area contributed by atoms with Crippen molar-refractivity contribution in [3.63, 3.8) is 0 Å². The molecule has 0 aliphatic carbocycles. The van der Waals surface area contributed by atoms with Gasteiger partial charge in [-0.2, -0.15) is 0 Å². The first-order chi connectivity index (χ1) is 13.3. The van der Waals surface area contributed by atoms with Gasteiger partial charge in [0.05, 0.1) is 29.2 Å². The molecule has 1 aromatic carbocycles. The van der Waals surface area contributed by atoms with E-state index in [1.807, 2.05) is 0 Å². The Labute approximate surface area is 172 Å². The zero-order chi connectivity index (χ0) is 22.1. The average Bonchev–Trinajstić information content (AvgIpc) is 3.04. The maximum atomic E-state index is 13.0. The Morgan fingerprint density at radius 1 is 1.24 bits per heavy atom. The average molecular weight is 427 g/mol. The van der Waals surface area contributed by atoms with E-state index in [1.165, 1.54) is 30.2 Å². The SMILES string of the molecule is COC(=O)[C@@H]1CCN(C(=O)OC(C)(C)C)[C@H]1c1cc(N)ccc1S(=O)(=O)C(C)C. The normalized spacial score (nSPS) is 20.0. The Morgan fingerprint density at radius 2 is 1.86 bits per heavy atom. The number of methoxy groups -OCH3 is 1. The fourth-order valence-corrected chi connectivity index (χ4v) is 4.69. The summed E-state index contributed by atoms with van der Waals surface area (Å²) in [6, 6.07) is 3.58. The van der Waals surface area contributed by atoms with Gasteiger partial charge in [-0.05, 0) is 64.8 Å². The Hall–Kier alpha value is -2.29. The molecule has 1 saturated heterocycles. The van der Waals surface area contributed by atoms with Crippen LogP contribution in [0, 0.1) is 5.92 Å². The number of hydrogen-bond acceptors (Lipinski definition) is 7. The summed E-state index contributed by atoms with van der Waals surface area (Å²) in [5, 5.41) is -0.683. The van der Waals surface area contributed by atoms with E-state index >= 15 is 0 Å². The molecule has 2 atom stereocenters. The smallest absolute Gasteiger partial charge is 0.410 e. The van der Waals surface area contributed by atoms with Crippen LogP contribution in [0.2, 0.25) is 0 Å². The minimum absolute atomic E-state index is 0.0519. The fraction of sp³-hybridized carbons (Fsp3) is 0.600. The van der Waals surface area contributed by atoms with Gasteiger partial charge in [0, 0.05) is 12.2 Å². The highest BCUT2D eigenvalue weighted by Crippen LogP contribution is 2.42. The molecule has 162 valence electrons. The number of nitrogen functional groups attached to an aromatic ring is 1. The molecule has 0 bridgehead atoms. The molecule has 1 aliphatic heterocycles. The van der Waals surface area contributed by atoms with E-state index in [1.54, 1.807) is 34.6 Å². The highest BCUT2D eigenvalue weighted by molar-refractivity contribution is 7.92. The van der Waals surface area contributed by atoms with E-state index in [2.05, 4.69) is 0 Å². The van der Waals surface area contributed by atoms with Gasteiger partial charge in [0.1, 0.15) is 5.60 Å². The Bertz CT molecular complexity index is 889. The molecule has 29 heavy (non-hydrogen) atoms. The summed E-state index contributed by atoms with van der Waals surface area (Å²) < 4.78 is 36.4. The van der Waals surface area contributed by atoms with E-state index in [-0.39, 0.29) is 11.4 Å². The van der Waals surface area contributed by atoms with Crippen LogP contribution in [-0.4, -0.2) is 49.9 Å². The van der Waals surface area contributed by atoms with Crippen molar-refractivity contribution in [2.24, 2.45) is 5.92 Å². The van der Waals surface area contributed by atoms with Gasteiger partial charge in [-0.25, -0.2) is 13.2 Å². The van der Waals surface area contributed by atoms with Crippen molar-refractivity contribution in [2.45, 2.75) is 62.8 Å². The van der Waals surface area contributed by atoms with Crippen LogP contribution in [0.3, 0.4) is 0 Å². The second kappa shape index (κ2) is 8.22. The topological polar surface area (TPSA) is 116 Å². The first-order valence-corrected chi connectivity index (χ1v) is 11.0. The summed E-state index contributed by atoms with van der Waals surface area (Å²) in [5.41, 5.74) is 5.84. The van der Waals surface area contributed by atoms with Crippen molar-refractivity contribution >= 4 is 27.6 Å². The number of amides is 1. The third-order valence-electron chi connectivity index (χ3n) is 4.81. The van der Waals surface area contributed by atoms with Crippen molar-refractivity contribution in [3.8, 4) is 0 Å². The monoisotopic (exact) mass is 426 g/mol. The van der Waals surface area contributed by atoms with Crippen LogP contribution >= 0.6 is 0 Å². The number of rotatable bonds is 4. The van der Waals surface area contributed by atoms with Gasteiger partial charge >= 0.3 is 12.1 Å². The van der Waals surface area contributed by atoms with Crippen molar-refractivity contribution in [1.29, 1.82) is 0 Å². The van der Waals surface area contributed by atoms with Crippen LogP contribution in [0.25, 0.3) is 0 Å². The lowest BCUT2D eigenvalue weighted by atomic mass is 9.93. The van der Waals surface area contributed by atoms with Gasteiger partial charge in [0.2, 0.25) is 0 Å². The second-order valence-electron chi connectivity index (χ2n) is 8.43. The van der Waals surface area contributed by atoms with Gasteiger partial charge in [-0.3, -0.25) is 4.79 Å². The first kappa shape index (κ1) is 23.0. The third kappa shape index (κ3) is 4.83. The minimum atomic E-state index is -3.69. The Balaban J connectivity index is 2.66. The van der Waals surface area contributed by atoms with Gasteiger partial charge in [-0.15, -0.1) is 0 Å². The van der Waals surface area contributed by atoms with E-state index in [9.17, 15) is 18.0 Å². The van der Waals surface area contributed by atoms with Crippen molar-refractivity contribution < 1.29 is 27.5 Å². The van der Waals surface area contributed by atoms with E-state index < -0.39 is 44.7 Å². The highest BCUT2D eigenvalue weighted by Gasteiger charge is 2.46. The molecule has 1 fully saturated rings. The number of benzene rings is 1. The fourth-order valence-electron chi connectivity index (χ4n) is 3.41. The Kier molecular flexibility index (Phi) is 6.51. The molecule has 0 radical (unpaired) electrons. The summed E-state index contributed by atoms with van der Waals surface area (Å²) in [6.45, 7) is 8.60. The van der Waals surface area contributed by atoms with Crippen molar-refractivity contribution in [3.05, 3.63) is 23.8 Å². The molecule has 8 nitrogen and oxygen atoms in total. The van der Waals surface area contributed by atoms with E-state index in [4.69, 9.17) is 15.2 Å². The summed E-state index contributed by atoms with van der Waals surface area (Å²) in [7, 11) is -2.42.